The van der Waals surface area contributed by atoms with Crippen molar-refractivity contribution in [3.8, 4) is 5.69 Å². The highest BCUT2D eigenvalue weighted by atomic mass is 19.4. The molecule has 0 unspecified atom stereocenters. The minimum absolute atomic E-state index is 0.0133. The summed E-state index contributed by atoms with van der Waals surface area (Å²) in [7, 11) is 0. The number of hydrogen-bond donors (Lipinski definition) is 0. The van der Waals surface area contributed by atoms with Gasteiger partial charge in [-0.15, -0.1) is 0 Å². The molecule has 188 valence electrons. The average molecular weight is 499 g/mol. The molecule has 0 aliphatic carbocycles. The van der Waals surface area contributed by atoms with Crippen LogP contribution in [0.1, 0.15) is 35.1 Å². The van der Waals surface area contributed by atoms with Crippen LogP contribution in [0.4, 0.5) is 13.2 Å². The lowest BCUT2D eigenvalue weighted by atomic mass is 10.1. The minimum Gasteiger partial charge on any atom is -0.376 e. The molecular formula is C26H25F3N4O3. The molecule has 1 fully saturated rings. The number of aromatic nitrogens is 4. The van der Waals surface area contributed by atoms with Crippen molar-refractivity contribution in [2.24, 2.45) is 0 Å². The lowest BCUT2D eigenvalue weighted by molar-refractivity contribution is -0.137. The number of benzene rings is 2. The normalized spacial score (nSPS) is 16.2. The number of ether oxygens (including phenoxy) is 1. The Bertz CT molecular complexity index is 1540. The van der Waals surface area contributed by atoms with Gasteiger partial charge in [-0.25, -0.2) is 14.3 Å². The lowest BCUT2D eigenvalue weighted by Gasteiger charge is -2.18. The highest BCUT2D eigenvalue weighted by molar-refractivity contribution is 5.73. The van der Waals surface area contributed by atoms with Crippen LogP contribution < -0.4 is 11.2 Å². The van der Waals surface area contributed by atoms with Crippen LogP contribution in [0.3, 0.4) is 0 Å². The van der Waals surface area contributed by atoms with E-state index in [1.807, 2.05) is 32.0 Å². The van der Waals surface area contributed by atoms with Gasteiger partial charge in [0.05, 0.1) is 30.2 Å². The Morgan fingerprint density at radius 1 is 1.08 bits per heavy atom. The quantitative estimate of drug-likeness (QED) is 0.413. The van der Waals surface area contributed by atoms with Crippen molar-refractivity contribution < 1.29 is 17.9 Å². The molecule has 1 saturated heterocycles. The first kappa shape index (κ1) is 24.1. The second-order valence-corrected chi connectivity index (χ2v) is 9.15. The van der Waals surface area contributed by atoms with Gasteiger partial charge in [-0.3, -0.25) is 9.36 Å². The van der Waals surface area contributed by atoms with Gasteiger partial charge in [0.1, 0.15) is 0 Å². The standard InChI is InChI=1S/C26H25F3N4O3/c1-16-6-3-7-17(2)21(16)33-23-22(24(34)32(25(33)35)14-20-10-5-11-36-20)31(15-30-23)13-18-8-4-9-19(12-18)26(27,28)29/h3-4,6-9,12,15,20H,5,10-11,13-14H2,1-2H3/t20-/m0/s1. The van der Waals surface area contributed by atoms with Crippen LogP contribution in [0.15, 0.2) is 58.4 Å². The van der Waals surface area contributed by atoms with Crippen LogP contribution in [0, 0.1) is 13.8 Å². The Morgan fingerprint density at radius 2 is 1.81 bits per heavy atom. The van der Waals surface area contributed by atoms with E-state index in [1.165, 1.54) is 21.5 Å². The molecule has 7 nitrogen and oxygen atoms in total. The van der Waals surface area contributed by atoms with Crippen LogP contribution >= 0.6 is 0 Å². The predicted octanol–water partition coefficient (Wildman–Crippen LogP) is 4.21. The molecule has 0 saturated carbocycles. The molecule has 0 bridgehead atoms. The molecule has 5 rings (SSSR count). The van der Waals surface area contributed by atoms with E-state index in [0.717, 1.165) is 40.7 Å². The molecule has 36 heavy (non-hydrogen) atoms. The van der Waals surface area contributed by atoms with E-state index < -0.39 is 23.0 Å². The Hall–Kier alpha value is -3.66. The molecule has 3 heterocycles. The SMILES string of the molecule is Cc1cccc(C)c1-n1c(=O)n(C[C@@H]2CCCO2)c(=O)c2c1ncn2Cc1cccc(C(F)(F)F)c1. The first-order valence-corrected chi connectivity index (χ1v) is 11.7. The molecule has 0 N–H and O–H groups in total. The van der Waals surface area contributed by atoms with Crippen LogP contribution in [-0.4, -0.2) is 31.4 Å². The average Bonchev–Trinajstić information content (AvgIpc) is 3.48. The summed E-state index contributed by atoms with van der Waals surface area (Å²) in [5, 5.41) is 0. The van der Waals surface area contributed by atoms with Crippen LogP contribution in [-0.2, 0) is 24.0 Å². The zero-order chi connectivity index (χ0) is 25.6. The Kier molecular flexibility index (Phi) is 6.07. The fourth-order valence-corrected chi connectivity index (χ4v) is 4.86. The number of alkyl halides is 3. The van der Waals surface area contributed by atoms with E-state index in [2.05, 4.69) is 4.98 Å². The summed E-state index contributed by atoms with van der Waals surface area (Å²) in [4.78, 5) is 31.8. The number of rotatable bonds is 5. The second-order valence-electron chi connectivity index (χ2n) is 9.15. The van der Waals surface area contributed by atoms with Crippen molar-refractivity contribution in [1.82, 2.24) is 18.7 Å². The third kappa shape index (κ3) is 4.26. The van der Waals surface area contributed by atoms with Gasteiger partial charge in [-0.05, 0) is 55.5 Å². The van der Waals surface area contributed by atoms with E-state index in [1.54, 1.807) is 6.07 Å². The Labute approximate surface area is 204 Å². The number of fused-ring (bicyclic) bond motifs is 1. The minimum atomic E-state index is -4.48. The third-order valence-corrected chi connectivity index (χ3v) is 6.58. The molecular weight excluding hydrogens is 473 g/mol. The highest BCUT2D eigenvalue weighted by Gasteiger charge is 2.30. The summed E-state index contributed by atoms with van der Waals surface area (Å²) in [6, 6.07) is 10.6. The van der Waals surface area contributed by atoms with Gasteiger partial charge in [0.15, 0.2) is 11.2 Å². The van der Waals surface area contributed by atoms with Crippen molar-refractivity contribution in [2.75, 3.05) is 6.61 Å². The van der Waals surface area contributed by atoms with Crippen molar-refractivity contribution in [3.63, 3.8) is 0 Å². The zero-order valence-electron chi connectivity index (χ0n) is 19.9. The molecule has 2 aromatic heterocycles. The first-order valence-electron chi connectivity index (χ1n) is 11.7. The smallest absolute Gasteiger partial charge is 0.376 e. The molecule has 0 amide bonds. The summed E-state index contributed by atoms with van der Waals surface area (Å²) < 4.78 is 49.5. The second kappa shape index (κ2) is 9.09. The van der Waals surface area contributed by atoms with Gasteiger partial charge in [-0.1, -0.05) is 30.3 Å². The summed E-state index contributed by atoms with van der Waals surface area (Å²) in [5.74, 6) is 0. The third-order valence-electron chi connectivity index (χ3n) is 6.58. The van der Waals surface area contributed by atoms with Crippen LogP contribution in [0.2, 0.25) is 0 Å². The molecule has 0 radical (unpaired) electrons. The van der Waals surface area contributed by atoms with Gasteiger partial charge in [0.2, 0.25) is 0 Å². The van der Waals surface area contributed by atoms with E-state index in [9.17, 15) is 22.8 Å². The summed E-state index contributed by atoms with van der Waals surface area (Å²) >= 11 is 0. The molecule has 1 aliphatic rings. The van der Waals surface area contributed by atoms with E-state index in [-0.39, 0.29) is 30.4 Å². The van der Waals surface area contributed by atoms with Gasteiger partial charge in [0, 0.05) is 13.2 Å². The van der Waals surface area contributed by atoms with E-state index in [4.69, 9.17) is 4.74 Å². The molecule has 2 aromatic carbocycles. The predicted molar refractivity (Wildman–Crippen MR) is 129 cm³/mol. The molecule has 1 aliphatic heterocycles. The number of hydrogen-bond acceptors (Lipinski definition) is 4. The maximum absolute atomic E-state index is 13.7. The topological polar surface area (TPSA) is 71.1 Å². The van der Waals surface area contributed by atoms with Crippen molar-refractivity contribution in [1.29, 1.82) is 0 Å². The van der Waals surface area contributed by atoms with Crippen LogP contribution in [0.25, 0.3) is 16.9 Å². The number of nitrogens with zero attached hydrogens (tertiary/aromatic N) is 4. The summed E-state index contributed by atoms with van der Waals surface area (Å²) in [5.41, 5.74) is 1.11. The Morgan fingerprint density at radius 3 is 2.47 bits per heavy atom. The fourth-order valence-electron chi connectivity index (χ4n) is 4.86. The zero-order valence-corrected chi connectivity index (χ0v) is 19.9. The van der Waals surface area contributed by atoms with Crippen molar-refractivity contribution in [2.45, 2.75) is 52.1 Å². The van der Waals surface area contributed by atoms with Gasteiger partial charge < -0.3 is 9.30 Å². The molecule has 10 heteroatoms. The lowest BCUT2D eigenvalue weighted by Crippen LogP contribution is -2.42. The van der Waals surface area contributed by atoms with Crippen molar-refractivity contribution >= 4 is 11.2 Å². The molecule has 1 atom stereocenters. The van der Waals surface area contributed by atoms with Gasteiger partial charge >= 0.3 is 11.9 Å². The number of imidazole rings is 1. The summed E-state index contributed by atoms with van der Waals surface area (Å²) in [6.07, 6.45) is -1.77. The number of halogens is 3. The maximum atomic E-state index is 13.7. The van der Waals surface area contributed by atoms with E-state index in [0.29, 0.717) is 17.9 Å². The Balaban J connectivity index is 1.73. The van der Waals surface area contributed by atoms with Gasteiger partial charge in [0.25, 0.3) is 5.56 Å². The first-order chi connectivity index (χ1) is 17.1. The van der Waals surface area contributed by atoms with Crippen molar-refractivity contribution in [3.05, 3.63) is 91.9 Å². The molecule has 4 aromatic rings. The number of aryl methyl sites for hydroxylation is 2. The number of para-hydroxylation sites is 1. The largest absolute Gasteiger partial charge is 0.416 e. The van der Waals surface area contributed by atoms with Gasteiger partial charge in [-0.2, -0.15) is 13.2 Å². The maximum Gasteiger partial charge on any atom is 0.416 e. The molecule has 0 spiro atoms. The van der Waals surface area contributed by atoms with E-state index >= 15 is 0 Å². The highest BCUT2D eigenvalue weighted by Crippen LogP contribution is 2.30. The van der Waals surface area contributed by atoms with Crippen LogP contribution in [0.5, 0.6) is 0 Å². The summed E-state index contributed by atoms with van der Waals surface area (Å²) in [6.45, 7) is 4.39. The monoisotopic (exact) mass is 498 g/mol. The fraction of sp³-hybridized carbons (Fsp3) is 0.346.